The molecule has 0 saturated carbocycles. The van der Waals surface area contributed by atoms with Gasteiger partial charge >= 0.3 is 0 Å². The Hall–Kier alpha value is -2.96. The number of hydrogen-bond donors (Lipinski definition) is 2. The van der Waals surface area contributed by atoms with Crippen molar-refractivity contribution in [3.05, 3.63) is 53.3 Å². The average molecular weight is 429 g/mol. The second-order valence-corrected chi connectivity index (χ2v) is 7.76. The van der Waals surface area contributed by atoms with Crippen LogP contribution in [0, 0.1) is 12.7 Å². The van der Waals surface area contributed by atoms with Crippen molar-refractivity contribution >= 4 is 11.6 Å². The van der Waals surface area contributed by atoms with Crippen molar-refractivity contribution in [2.24, 2.45) is 4.99 Å². The van der Waals surface area contributed by atoms with Crippen molar-refractivity contribution in [3.8, 4) is 11.5 Å². The van der Waals surface area contributed by atoms with E-state index in [1.54, 1.807) is 33.3 Å². The third-order valence-electron chi connectivity index (χ3n) is 5.54. The maximum atomic E-state index is 13.8. The largest absolute Gasteiger partial charge is 0.497 e. The van der Waals surface area contributed by atoms with Crippen molar-refractivity contribution in [2.45, 2.75) is 39.3 Å². The molecule has 0 radical (unpaired) electrons. The lowest BCUT2D eigenvalue weighted by molar-refractivity contribution is 0.393. The van der Waals surface area contributed by atoms with Gasteiger partial charge < -0.3 is 25.0 Å². The number of methoxy groups -OCH3 is 2. The Morgan fingerprint density at radius 1 is 1.10 bits per heavy atom. The van der Waals surface area contributed by atoms with Crippen LogP contribution in [-0.4, -0.2) is 45.9 Å². The van der Waals surface area contributed by atoms with Gasteiger partial charge in [0.2, 0.25) is 0 Å². The zero-order chi connectivity index (χ0) is 22.2. The molecule has 1 heterocycles. The number of piperidine rings is 1. The first-order valence-electron chi connectivity index (χ1n) is 10.8. The number of ether oxygens (including phenoxy) is 2. The van der Waals surface area contributed by atoms with E-state index in [4.69, 9.17) is 9.47 Å². The molecule has 0 bridgehead atoms. The van der Waals surface area contributed by atoms with Crippen LogP contribution < -0.4 is 25.0 Å². The Morgan fingerprint density at radius 2 is 1.77 bits per heavy atom. The highest BCUT2D eigenvalue weighted by Crippen LogP contribution is 2.30. The molecule has 0 aliphatic carbocycles. The predicted octanol–water partition coefficient (Wildman–Crippen LogP) is 3.88. The van der Waals surface area contributed by atoms with Gasteiger partial charge in [-0.3, -0.25) is 0 Å². The summed E-state index contributed by atoms with van der Waals surface area (Å²) in [5, 5.41) is 6.84. The molecular weight excluding hydrogens is 395 g/mol. The van der Waals surface area contributed by atoms with Gasteiger partial charge in [0, 0.05) is 49.6 Å². The fourth-order valence-electron chi connectivity index (χ4n) is 3.68. The van der Waals surface area contributed by atoms with E-state index in [0.29, 0.717) is 18.2 Å². The van der Waals surface area contributed by atoms with Crippen LogP contribution >= 0.6 is 0 Å². The van der Waals surface area contributed by atoms with E-state index in [1.165, 1.54) is 0 Å². The Bertz CT molecular complexity index is 873. The number of anilines is 1. The van der Waals surface area contributed by atoms with E-state index in [-0.39, 0.29) is 5.82 Å². The number of halogens is 1. The smallest absolute Gasteiger partial charge is 0.191 e. The Morgan fingerprint density at radius 3 is 2.35 bits per heavy atom. The van der Waals surface area contributed by atoms with Crippen molar-refractivity contribution in [2.75, 3.05) is 38.8 Å². The molecule has 2 N–H and O–H groups in total. The van der Waals surface area contributed by atoms with Gasteiger partial charge in [-0.25, -0.2) is 9.38 Å². The molecule has 7 heteroatoms. The second-order valence-electron chi connectivity index (χ2n) is 7.76. The van der Waals surface area contributed by atoms with Gasteiger partial charge in [-0.2, -0.15) is 0 Å². The minimum atomic E-state index is -0.188. The number of rotatable bonds is 7. The van der Waals surface area contributed by atoms with Crippen LogP contribution in [0.5, 0.6) is 11.5 Å². The number of guanidine groups is 1. The van der Waals surface area contributed by atoms with Crippen LogP contribution in [-0.2, 0) is 6.54 Å². The third-order valence-corrected chi connectivity index (χ3v) is 5.54. The van der Waals surface area contributed by atoms with Gasteiger partial charge in [0.15, 0.2) is 5.96 Å². The molecule has 3 rings (SSSR count). The number of aryl methyl sites for hydroxylation is 1. The number of hydrogen-bond acceptors (Lipinski definition) is 4. The van der Waals surface area contributed by atoms with Crippen LogP contribution in [0.4, 0.5) is 10.1 Å². The first-order chi connectivity index (χ1) is 15.0. The third kappa shape index (κ3) is 6.26. The fraction of sp³-hybridized carbons (Fsp3) is 0.458. The van der Waals surface area contributed by atoms with Crippen molar-refractivity contribution in [1.82, 2.24) is 10.6 Å². The molecule has 0 amide bonds. The highest BCUT2D eigenvalue weighted by atomic mass is 19.1. The summed E-state index contributed by atoms with van der Waals surface area (Å²) in [6.07, 6.45) is 1.98. The summed E-state index contributed by atoms with van der Waals surface area (Å²) in [5.74, 6) is 2.17. The zero-order valence-corrected chi connectivity index (χ0v) is 18.9. The molecule has 2 aromatic carbocycles. The minimum Gasteiger partial charge on any atom is -0.497 e. The maximum absolute atomic E-state index is 13.8. The standard InChI is InChI=1S/C24H33FN4O2/c1-5-26-24(27-16-18-7-6-17(2)23(25)12-18)28-19-8-10-29(11-9-19)20-13-21(30-3)15-22(14-20)31-4/h6-7,12-15,19H,5,8-11,16H2,1-4H3,(H2,26,27,28). The normalized spacial score (nSPS) is 15.0. The number of aliphatic imine (C=N–C) groups is 1. The quantitative estimate of drug-likeness (QED) is 0.518. The van der Waals surface area contributed by atoms with Crippen LogP contribution in [0.15, 0.2) is 41.4 Å². The lowest BCUT2D eigenvalue weighted by Crippen LogP contribution is -2.48. The van der Waals surface area contributed by atoms with Crippen LogP contribution in [0.2, 0.25) is 0 Å². The van der Waals surface area contributed by atoms with Crippen molar-refractivity contribution in [3.63, 3.8) is 0 Å². The van der Waals surface area contributed by atoms with Crippen LogP contribution in [0.25, 0.3) is 0 Å². The van der Waals surface area contributed by atoms with Gasteiger partial charge in [0.25, 0.3) is 0 Å². The monoisotopic (exact) mass is 428 g/mol. The molecule has 6 nitrogen and oxygen atoms in total. The fourth-order valence-corrected chi connectivity index (χ4v) is 3.68. The molecule has 2 aromatic rings. The number of benzene rings is 2. The molecule has 168 valence electrons. The first kappa shape index (κ1) is 22.7. The van der Waals surface area contributed by atoms with E-state index in [0.717, 1.165) is 61.2 Å². The van der Waals surface area contributed by atoms with Crippen LogP contribution in [0.3, 0.4) is 0 Å². The lowest BCUT2D eigenvalue weighted by atomic mass is 10.0. The molecule has 31 heavy (non-hydrogen) atoms. The Labute approximate surface area is 184 Å². The van der Waals surface area contributed by atoms with Crippen LogP contribution in [0.1, 0.15) is 30.9 Å². The predicted molar refractivity (Wildman–Crippen MR) is 124 cm³/mol. The maximum Gasteiger partial charge on any atom is 0.191 e. The SMILES string of the molecule is CCNC(=NCc1ccc(C)c(F)c1)NC1CCN(c2cc(OC)cc(OC)c2)CC1. The molecule has 1 saturated heterocycles. The van der Waals surface area contributed by atoms with Gasteiger partial charge in [0.05, 0.1) is 20.8 Å². The van der Waals surface area contributed by atoms with Gasteiger partial charge in [-0.1, -0.05) is 12.1 Å². The lowest BCUT2D eigenvalue weighted by Gasteiger charge is -2.34. The van der Waals surface area contributed by atoms with Gasteiger partial charge in [-0.15, -0.1) is 0 Å². The summed E-state index contributed by atoms with van der Waals surface area (Å²) in [6, 6.07) is 11.6. The highest BCUT2D eigenvalue weighted by Gasteiger charge is 2.21. The first-order valence-corrected chi connectivity index (χ1v) is 10.8. The van der Waals surface area contributed by atoms with E-state index in [9.17, 15) is 4.39 Å². The molecule has 1 aliphatic rings. The summed E-state index contributed by atoms with van der Waals surface area (Å²) < 4.78 is 24.6. The zero-order valence-electron chi connectivity index (χ0n) is 18.9. The van der Waals surface area contributed by atoms with Gasteiger partial charge in [-0.05, 0) is 43.9 Å². The van der Waals surface area contributed by atoms with Crippen molar-refractivity contribution < 1.29 is 13.9 Å². The molecule has 0 atom stereocenters. The molecule has 0 unspecified atom stereocenters. The number of nitrogens with one attached hydrogen (secondary N) is 2. The topological polar surface area (TPSA) is 58.1 Å². The molecular formula is C24H33FN4O2. The minimum absolute atomic E-state index is 0.188. The van der Waals surface area contributed by atoms with Gasteiger partial charge in [0.1, 0.15) is 17.3 Å². The molecule has 1 fully saturated rings. The number of nitrogens with zero attached hydrogens (tertiary/aromatic N) is 2. The van der Waals surface area contributed by atoms with E-state index in [2.05, 4.69) is 20.5 Å². The summed E-state index contributed by atoms with van der Waals surface area (Å²) in [4.78, 5) is 7.00. The summed E-state index contributed by atoms with van der Waals surface area (Å²) in [6.45, 7) is 6.88. The molecule has 1 aliphatic heterocycles. The van der Waals surface area contributed by atoms with E-state index in [1.807, 2.05) is 31.2 Å². The Balaban J connectivity index is 1.59. The van der Waals surface area contributed by atoms with E-state index < -0.39 is 0 Å². The van der Waals surface area contributed by atoms with Crippen molar-refractivity contribution in [1.29, 1.82) is 0 Å². The Kier molecular flexibility index (Phi) is 7.98. The second kappa shape index (κ2) is 10.9. The summed E-state index contributed by atoms with van der Waals surface area (Å²) >= 11 is 0. The van der Waals surface area contributed by atoms with E-state index >= 15 is 0 Å². The highest BCUT2D eigenvalue weighted by molar-refractivity contribution is 5.80. The summed E-state index contributed by atoms with van der Waals surface area (Å²) in [5.41, 5.74) is 2.62. The molecule has 0 spiro atoms. The molecule has 0 aromatic heterocycles. The average Bonchev–Trinajstić information content (AvgIpc) is 2.80. The summed E-state index contributed by atoms with van der Waals surface area (Å²) in [7, 11) is 3.34.